The number of rotatable bonds is 9. The van der Waals surface area contributed by atoms with Gasteiger partial charge in [-0.05, 0) is 115 Å². The van der Waals surface area contributed by atoms with Crippen LogP contribution in [-0.4, -0.2) is 29.5 Å². The number of pyridine rings is 3. The third-order valence-electron chi connectivity index (χ3n) is 15.5. The van der Waals surface area contributed by atoms with Crippen LogP contribution in [0.4, 0.5) is 11.6 Å². The van der Waals surface area contributed by atoms with Crippen LogP contribution >= 0.6 is 22.7 Å². The minimum absolute atomic E-state index is 0. The Labute approximate surface area is 622 Å². The van der Waals surface area contributed by atoms with Crippen molar-refractivity contribution in [3.8, 4) is 49.5 Å². The molecule has 0 amide bonds. The fourth-order valence-electron chi connectivity index (χ4n) is 11.1. The Bertz CT molecular complexity index is 4600. The molecule has 13 aromatic rings. The SMILES string of the molecule is CCCc1[c-]c(-c2nc(C)cs2)sc1.CCc1[c-]c(-c2nc(C)cn2-c2ccccc2)ccc1.CCc1[c-]c2c(cc1)ccc1ccc(N)nc12.Cc1ccc2c(n1)-c1[c-]c(CN)ccc1CC2.NCc1[c-]c2c(cc1)Cc1cccc3cc(N)nc-2c13.[Ir].[Ir].[Ir].[Ir].[Ir]. The molecule has 8 N–H and O–H groups in total. The predicted octanol–water partition coefficient (Wildman–Crippen LogP) is 16.5. The Kier molecular flexibility index (Phi) is 29.2. The topological polar surface area (TPSA) is 173 Å². The fraction of sp³-hybridized carbons (Fsp3) is 0.197. The Morgan fingerprint density at radius 1 is 0.484 bits per heavy atom. The van der Waals surface area contributed by atoms with Gasteiger partial charge < -0.3 is 37.5 Å². The van der Waals surface area contributed by atoms with Gasteiger partial charge in [-0.3, -0.25) is 15.0 Å². The van der Waals surface area contributed by atoms with Crippen molar-refractivity contribution in [2.75, 3.05) is 11.5 Å². The summed E-state index contributed by atoms with van der Waals surface area (Å²) in [7, 11) is 0. The monoisotopic (exact) mass is 2150 g/mol. The first-order chi connectivity index (χ1) is 42.9. The van der Waals surface area contributed by atoms with E-state index in [1.54, 1.807) is 22.7 Å². The van der Waals surface area contributed by atoms with Crippen LogP contribution in [0.15, 0.2) is 163 Å². The number of thiophene rings is 1. The maximum Gasteiger partial charge on any atom is 0.114 e. The van der Waals surface area contributed by atoms with E-state index in [9.17, 15) is 0 Å². The minimum Gasteiger partial charge on any atom is -0.384 e. The number of aryl methyl sites for hydroxylation is 8. The molecule has 2 aliphatic carbocycles. The molecule has 0 saturated carbocycles. The molecule has 0 atom stereocenters. The summed E-state index contributed by atoms with van der Waals surface area (Å²) in [5, 5.41) is 11.0. The molecule has 6 aromatic heterocycles. The normalized spacial score (nSPS) is 11.0. The second kappa shape index (κ2) is 35.7. The van der Waals surface area contributed by atoms with Gasteiger partial charge in [-0.25, -0.2) is 11.3 Å². The summed E-state index contributed by atoms with van der Waals surface area (Å²) in [5.74, 6) is 2.05. The van der Waals surface area contributed by atoms with Gasteiger partial charge in [-0.2, -0.15) is 17.4 Å². The third-order valence-corrected chi connectivity index (χ3v) is 17.6. The maximum atomic E-state index is 5.95. The van der Waals surface area contributed by atoms with Crippen LogP contribution in [0, 0.1) is 51.1 Å². The zero-order valence-electron chi connectivity index (χ0n) is 52.4. The number of thiazole rings is 1. The molecular formula is C76H71Ir5N10S2-5. The molecule has 0 saturated heterocycles. The number of nitrogen functional groups attached to an aromatic ring is 2. The first-order valence-corrected chi connectivity index (χ1v) is 31.8. The number of hydrogen-bond donors (Lipinski definition) is 4. The molecule has 7 aromatic carbocycles. The molecule has 5 radical (unpaired) electrons. The maximum absolute atomic E-state index is 5.95. The summed E-state index contributed by atoms with van der Waals surface area (Å²) in [6.07, 6.45) is 9.40. The summed E-state index contributed by atoms with van der Waals surface area (Å²) in [6, 6.07) is 66.8. The molecule has 0 spiro atoms. The predicted molar refractivity (Wildman–Crippen MR) is 366 cm³/mol. The summed E-state index contributed by atoms with van der Waals surface area (Å²) in [5.41, 5.74) is 44.6. The van der Waals surface area contributed by atoms with Crippen LogP contribution in [0.3, 0.4) is 0 Å². The molecule has 0 aliphatic heterocycles. The van der Waals surface area contributed by atoms with Crippen molar-refractivity contribution in [2.45, 2.75) is 99.6 Å². The van der Waals surface area contributed by atoms with Gasteiger partial charge in [-0.1, -0.05) is 117 Å². The molecule has 0 bridgehead atoms. The Balaban J connectivity index is 0.000000183. The van der Waals surface area contributed by atoms with Gasteiger partial charge in [-0.15, -0.1) is 151 Å². The van der Waals surface area contributed by atoms with Crippen LogP contribution < -0.4 is 22.9 Å². The number of benzene rings is 7. The molecule has 17 heteroatoms. The average molecular weight is 2150 g/mol. The van der Waals surface area contributed by atoms with E-state index in [1.165, 1.54) is 55.6 Å². The molecule has 15 rings (SSSR count). The van der Waals surface area contributed by atoms with Crippen molar-refractivity contribution >= 4 is 66.8 Å². The van der Waals surface area contributed by atoms with E-state index in [-0.39, 0.29) is 101 Å². The minimum atomic E-state index is 0. The second-order valence-electron chi connectivity index (χ2n) is 22.0. The Morgan fingerprint density at radius 2 is 1.14 bits per heavy atom. The Morgan fingerprint density at radius 3 is 1.85 bits per heavy atom. The molecule has 2 aliphatic rings. The van der Waals surface area contributed by atoms with Crippen molar-refractivity contribution in [1.82, 2.24) is 29.5 Å². The van der Waals surface area contributed by atoms with E-state index in [0.29, 0.717) is 24.7 Å². The van der Waals surface area contributed by atoms with Crippen molar-refractivity contribution in [3.05, 3.63) is 260 Å². The molecule has 10 nitrogen and oxygen atoms in total. The second-order valence-corrected chi connectivity index (χ2v) is 23.8. The van der Waals surface area contributed by atoms with Crippen molar-refractivity contribution in [3.63, 3.8) is 0 Å². The van der Waals surface area contributed by atoms with Crippen molar-refractivity contribution in [1.29, 1.82) is 0 Å². The van der Waals surface area contributed by atoms with E-state index >= 15 is 0 Å². The molecule has 0 unspecified atom stereocenters. The van der Waals surface area contributed by atoms with Gasteiger partial charge in [0.05, 0.1) is 5.82 Å². The quantitative estimate of drug-likeness (QED) is 0.0810. The van der Waals surface area contributed by atoms with Gasteiger partial charge in [0.1, 0.15) is 11.6 Å². The van der Waals surface area contributed by atoms with Crippen LogP contribution in [-0.2, 0) is 152 Å². The van der Waals surface area contributed by atoms with E-state index in [0.717, 1.165) is 138 Å². The standard InChI is InChI=1S/C18H17N2.C17H14N3.C15H15N2.C15H13N2.C11H12NS2.5Ir/c1-3-15-8-7-9-16(12-15)18-19-14(2)13-20(18)17-10-5-4-6-11-17;18-9-10-4-5-11-7-12-2-1-3-13-8-15(19)20-17(16(12)13)14(11)6-10;1-10-2-4-13-7-6-12-5-3-11(9-16)8-14(12)15(13)17-10;1-2-10-3-4-11-5-6-12-7-8-14(16)17-15(12)13(11)9-10;1-3-4-9-5-10(13-7-9)11-12-8(2)6-14-11;;;;;/h4-11,13H,3H2,1-2H3;1-5,8H,7,9,18H2,(H2,19,20);2-5H,6-7,9,16H2,1H3;3-8H,2H2,1H3,(H2,16,17);6-7H,3-4H2,1-2H3;;;;;/q5*-1;;;;;. The molecular weight excluding hydrogens is 2080 g/mol. The zero-order chi connectivity index (χ0) is 61.3. The number of nitrogens with two attached hydrogens (primary N) is 4. The first-order valence-electron chi connectivity index (χ1n) is 30.1. The molecule has 93 heavy (non-hydrogen) atoms. The van der Waals surface area contributed by atoms with E-state index < -0.39 is 0 Å². The first kappa shape index (κ1) is 76.1. The third kappa shape index (κ3) is 18.4. The van der Waals surface area contributed by atoms with Crippen LogP contribution in [0.1, 0.15) is 94.3 Å². The van der Waals surface area contributed by atoms with Gasteiger partial charge in [0, 0.05) is 148 Å². The van der Waals surface area contributed by atoms with E-state index in [2.05, 4.69) is 201 Å². The zero-order valence-corrected chi connectivity index (χ0v) is 66.0. The molecule has 0 fully saturated rings. The number of anilines is 2. The number of nitrogens with zero attached hydrogens (tertiary/aromatic N) is 6. The van der Waals surface area contributed by atoms with E-state index in [4.69, 9.17) is 22.9 Å². The molecule has 487 valence electrons. The summed E-state index contributed by atoms with van der Waals surface area (Å²) >= 11 is 3.45. The van der Waals surface area contributed by atoms with Crippen LogP contribution in [0.2, 0.25) is 0 Å². The number of imidazole rings is 1. The van der Waals surface area contributed by atoms with Crippen LogP contribution in [0.5, 0.6) is 0 Å². The number of aromatic nitrogens is 6. The van der Waals surface area contributed by atoms with Gasteiger partial charge in [0.2, 0.25) is 0 Å². The van der Waals surface area contributed by atoms with E-state index in [1.807, 2.05) is 63.2 Å². The summed E-state index contributed by atoms with van der Waals surface area (Å²) < 4.78 is 2.13. The van der Waals surface area contributed by atoms with Crippen molar-refractivity contribution < 1.29 is 101 Å². The van der Waals surface area contributed by atoms with Gasteiger partial charge >= 0.3 is 0 Å². The molecule has 6 heterocycles. The van der Waals surface area contributed by atoms with Crippen molar-refractivity contribution in [2.24, 2.45) is 11.5 Å². The largest absolute Gasteiger partial charge is 0.384 e. The number of fused-ring (bicyclic) bond motifs is 8. The number of hydrogen-bond acceptors (Lipinski definition) is 11. The van der Waals surface area contributed by atoms with Gasteiger partial charge in [0.15, 0.2) is 0 Å². The van der Waals surface area contributed by atoms with Crippen LogP contribution in [0.25, 0.3) is 81.9 Å². The van der Waals surface area contributed by atoms with Gasteiger partial charge in [0.25, 0.3) is 0 Å². The smallest absolute Gasteiger partial charge is 0.114 e. The Hall–Kier alpha value is -5.92. The fourth-order valence-corrected chi connectivity index (χ4v) is 12.8. The summed E-state index contributed by atoms with van der Waals surface area (Å²) in [6.45, 7) is 13.6. The number of para-hydroxylation sites is 1. The summed E-state index contributed by atoms with van der Waals surface area (Å²) in [4.78, 5) is 23.9. The average Bonchev–Trinajstić information content (AvgIpc) is 1.35.